The molecule has 0 atom stereocenters. The number of hydrogen-bond acceptors (Lipinski definition) is 6. The van der Waals surface area contributed by atoms with Crippen molar-refractivity contribution in [2.45, 2.75) is 25.9 Å². The SMILES string of the molecule is COCC(=O)OCc1nc2sc3c(c2c(=O)[nH]1)CCC3. The number of fused-ring (bicyclic) bond motifs is 3. The molecule has 0 spiro atoms. The van der Waals surface area contributed by atoms with E-state index in [-0.39, 0.29) is 18.8 Å². The average Bonchev–Trinajstić information content (AvgIpc) is 2.96. The zero-order chi connectivity index (χ0) is 14.1. The minimum absolute atomic E-state index is 0.0457. The molecule has 2 aromatic heterocycles. The number of aryl methyl sites for hydroxylation is 2. The Bertz CT molecular complexity index is 719. The van der Waals surface area contributed by atoms with Crippen LogP contribution in [0.15, 0.2) is 4.79 Å². The Labute approximate surface area is 118 Å². The second-order valence-electron chi connectivity index (χ2n) is 4.64. The van der Waals surface area contributed by atoms with Gasteiger partial charge in [-0.3, -0.25) is 4.79 Å². The molecule has 0 saturated heterocycles. The summed E-state index contributed by atoms with van der Waals surface area (Å²) in [4.78, 5) is 32.4. The Hall–Kier alpha value is -1.73. The number of nitrogens with zero attached hydrogens (tertiary/aromatic N) is 1. The van der Waals surface area contributed by atoms with E-state index in [9.17, 15) is 9.59 Å². The topological polar surface area (TPSA) is 81.3 Å². The Morgan fingerprint density at radius 3 is 3.10 bits per heavy atom. The van der Waals surface area contributed by atoms with Crippen LogP contribution in [0.5, 0.6) is 0 Å². The molecule has 2 heterocycles. The summed E-state index contributed by atoms with van der Waals surface area (Å²) in [6.45, 7) is -0.157. The maximum Gasteiger partial charge on any atom is 0.332 e. The zero-order valence-corrected chi connectivity index (χ0v) is 11.8. The summed E-state index contributed by atoms with van der Waals surface area (Å²) >= 11 is 1.56. The van der Waals surface area contributed by atoms with E-state index in [2.05, 4.69) is 14.7 Å². The molecule has 1 aliphatic rings. The molecule has 0 amide bonds. The van der Waals surface area contributed by atoms with Crippen LogP contribution >= 0.6 is 11.3 Å². The van der Waals surface area contributed by atoms with Crippen LogP contribution in [0.1, 0.15) is 22.7 Å². The number of carbonyl (C=O) groups is 1. The first-order valence-electron chi connectivity index (χ1n) is 6.37. The first kappa shape index (κ1) is 13.3. The lowest BCUT2D eigenvalue weighted by atomic mass is 10.2. The monoisotopic (exact) mass is 294 g/mol. The molecule has 3 rings (SSSR count). The van der Waals surface area contributed by atoms with E-state index < -0.39 is 5.97 Å². The number of nitrogens with one attached hydrogen (secondary N) is 1. The highest BCUT2D eigenvalue weighted by atomic mass is 32.1. The van der Waals surface area contributed by atoms with Gasteiger partial charge in [0.15, 0.2) is 0 Å². The average molecular weight is 294 g/mol. The van der Waals surface area contributed by atoms with E-state index in [4.69, 9.17) is 4.74 Å². The van der Waals surface area contributed by atoms with Crippen molar-refractivity contribution >= 4 is 27.5 Å². The largest absolute Gasteiger partial charge is 0.456 e. The molecule has 0 fully saturated rings. The molecule has 1 N–H and O–H groups in total. The normalized spacial score (nSPS) is 13.7. The van der Waals surface area contributed by atoms with Crippen molar-refractivity contribution in [3.8, 4) is 0 Å². The van der Waals surface area contributed by atoms with Crippen molar-refractivity contribution in [3.63, 3.8) is 0 Å². The quantitative estimate of drug-likeness (QED) is 0.856. The Morgan fingerprint density at radius 2 is 2.30 bits per heavy atom. The maximum absolute atomic E-state index is 12.1. The highest BCUT2D eigenvalue weighted by Crippen LogP contribution is 2.34. The molecule has 1 aliphatic carbocycles. The van der Waals surface area contributed by atoms with Gasteiger partial charge in [-0.2, -0.15) is 0 Å². The lowest BCUT2D eigenvalue weighted by molar-refractivity contribution is -0.149. The van der Waals surface area contributed by atoms with Gasteiger partial charge in [-0.1, -0.05) is 0 Å². The van der Waals surface area contributed by atoms with Crippen molar-refractivity contribution < 1.29 is 14.3 Å². The third-order valence-corrected chi connectivity index (χ3v) is 4.44. The van der Waals surface area contributed by atoms with Crippen LogP contribution in [-0.2, 0) is 33.7 Å². The third-order valence-electron chi connectivity index (χ3n) is 3.26. The first-order valence-corrected chi connectivity index (χ1v) is 7.18. The fraction of sp³-hybridized carbons (Fsp3) is 0.462. The van der Waals surface area contributed by atoms with Gasteiger partial charge in [-0.25, -0.2) is 9.78 Å². The van der Waals surface area contributed by atoms with Gasteiger partial charge in [0.25, 0.3) is 5.56 Å². The Kier molecular flexibility index (Phi) is 3.54. The molecule has 0 bridgehead atoms. The molecule has 106 valence electrons. The lowest BCUT2D eigenvalue weighted by Crippen LogP contribution is -2.16. The van der Waals surface area contributed by atoms with Crippen molar-refractivity contribution in [3.05, 3.63) is 26.6 Å². The molecule has 6 nitrogen and oxygen atoms in total. The van der Waals surface area contributed by atoms with Gasteiger partial charge >= 0.3 is 5.97 Å². The smallest absolute Gasteiger partial charge is 0.332 e. The zero-order valence-electron chi connectivity index (χ0n) is 11.0. The van der Waals surface area contributed by atoms with Gasteiger partial charge in [0, 0.05) is 12.0 Å². The number of rotatable bonds is 4. The van der Waals surface area contributed by atoms with Gasteiger partial charge < -0.3 is 14.5 Å². The fourth-order valence-corrected chi connectivity index (χ4v) is 3.70. The number of esters is 1. The van der Waals surface area contributed by atoms with Crippen LogP contribution in [0.3, 0.4) is 0 Å². The van der Waals surface area contributed by atoms with E-state index >= 15 is 0 Å². The minimum atomic E-state index is -0.482. The van der Waals surface area contributed by atoms with E-state index in [0.29, 0.717) is 11.2 Å². The third kappa shape index (κ3) is 2.34. The second-order valence-corrected chi connectivity index (χ2v) is 5.73. The predicted octanol–water partition coefficient (Wildman–Crippen LogP) is 1.16. The maximum atomic E-state index is 12.1. The molecule has 2 aromatic rings. The number of aromatic amines is 1. The number of ether oxygens (including phenoxy) is 2. The molecule has 7 heteroatoms. The van der Waals surface area contributed by atoms with E-state index in [0.717, 1.165) is 29.7 Å². The number of H-pyrrole nitrogens is 1. The van der Waals surface area contributed by atoms with Crippen LogP contribution in [-0.4, -0.2) is 29.7 Å². The van der Waals surface area contributed by atoms with Crippen LogP contribution < -0.4 is 5.56 Å². The summed E-state index contributed by atoms with van der Waals surface area (Å²) < 4.78 is 9.62. The van der Waals surface area contributed by atoms with Gasteiger partial charge in [0.1, 0.15) is 23.9 Å². The fourth-order valence-electron chi connectivity index (χ4n) is 2.42. The summed E-state index contributed by atoms with van der Waals surface area (Å²) in [6.07, 6.45) is 3.07. The van der Waals surface area contributed by atoms with E-state index in [1.807, 2.05) is 0 Å². The number of hydrogen-bond donors (Lipinski definition) is 1. The summed E-state index contributed by atoms with van der Waals surface area (Å²) in [7, 11) is 1.42. The molecule has 0 aliphatic heterocycles. The molecule has 0 radical (unpaired) electrons. The van der Waals surface area contributed by atoms with Crippen molar-refractivity contribution in [2.75, 3.05) is 13.7 Å². The van der Waals surface area contributed by atoms with E-state index in [1.54, 1.807) is 11.3 Å². The van der Waals surface area contributed by atoms with Crippen LogP contribution in [0, 0.1) is 0 Å². The standard InChI is InChI=1S/C13H14N2O4S/c1-18-6-10(16)19-5-9-14-12(17)11-7-3-2-4-8(7)20-13(11)15-9/h2-6H2,1H3,(H,14,15,17). The summed E-state index contributed by atoms with van der Waals surface area (Å²) in [6, 6.07) is 0. The van der Waals surface area contributed by atoms with Gasteiger partial charge in [-0.15, -0.1) is 11.3 Å². The predicted molar refractivity (Wildman–Crippen MR) is 73.9 cm³/mol. The molecular formula is C13H14N2O4S. The summed E-state index contributed by atoms with van der Waals surface area (Å²) in [5.74, 6) is -0.115. The van der Waals surface area contributed by atoms with Crippen LogP contribution in [0.25, 0.3) is 10.2 Å². The van der Waals surface area contributed by atoms with Crippen LogP contribution in [0.4, 0.5) is 0 Å². The van der Waals surface area contributed by atoms with Crippen molar-refractivity contribution in [2.24, 2.45) is 0 Å². The second kappa shape index (κ2) is 5.34. The molecular weight excluding hydrogens is 280 g/mol. The first-order chi connectivity index (χ1) is 9.69. The molecule has 20 heavy (non-hydrogen) atoms. The number of thiophene rings is 1. The summed E-state index contributed by atoms with van der Waals surface area (Å²) in [5, 5.41) is 0.703. The number of aromatic nitrogens is 2. The number of methoxy groups -OCH3 is 1. The molecule has 0 aromatic carbocycles. The van der Waals surface area contributed by atoms with Crippen molar-refractivity contribution in [1.29, 1.82) is 0 Å². The minimum Gasteiger partial charge on any atom is -0.456 e. The van der Waals surface area contributed by atoms with Crippen molar-refractivity contribution in [1.82, 2.24) is 9.97 Å². The Balaban J connectivity index is 1.87. The van der Waals surface area contributed by atoms with Crippen LogP contribution in [0.2, 0.25) is 0 Å². The van der Waals surface area contributed by atoms with Gasteiger partial charge in [0.05, 0.1) is 5.39 Å². The Morgan fingerprint density at radius 1 is 1.45 bits per heavy atom. The highest BCUT2D eigenvalue weighted by molar-refractivity contribution is 7.18. The molecule has 0 unspecified atom stereocenters. The van der Waals surface area contributed by atoms with Gasteiger partial charge in [-0.05, 0) is 24.8 Å². The number of carbonyl (C=O) groups excluding carboxylic acids is 1. The highest BCUT2D eigenvalue weighted by Gasteiger charge is 2.21. The van der Waals surface area contributed by atoms with E-state index in [1.165, 1.54) is 12.0 Å². The summed E-state index contributed by atoms with van der Waals surface area (Å²) in [5.41, 5.74) is 0.994. The molecule has 0 saturated carbocycles. The lowest BCUT2D eigenvalue weighted by Gasteiger charge is -2.03. The van der Waals surface area contributed by atoms with Gasteiger partial charge in [0.2, 0.25) is 0 Å².